The first-order valence-corrected chi connectivity index (χ1v) is 11.7. The van der Waals surface area contributed by atoms with Crippen LogP contribution in [0.4, 0.5) is 0 Å². The van der Waals surface area contributed by atoms with Gasteiger partial charge in [0.15, 0.2) is 0 Å². The van der Waals surface area contributed by atoms with Crippen molar-refractivity contribution in [1.82, 2.24) is 23.5 Å². The predicted molar refractivity (Wildman–Crippen MR) is 114 cm³/mol. The molecule has 0 aliphatic carbocycles. The highest BCUT2D eigenvalue weighted by Gasteiger charge is 2.30. The van der Waals surface area contributed by atoms with E-state index < -0.39 is 0 Å². The van der Waals surface area contributed by atoms with Crippen LogP contribution in [0.5, 0.6) is 5.19 Å². The zero-order valence-corrected chi connectivity index (χ0v) is 17.7. The Morgan fingerprint density at radius 2 is 1.83 bits per heavy atom. The van der Waals surface area contributed by atoms with Crippen LogP contribution in [0.3, 0.4) is 0 Å². The second kappa shape index (κ2) is 8.33. The first-order chi connectivity index (χ1) is 14.3. The number of likely N-dealkylation sites (tertiary alicyclic amines) is 2. The number of ether oxygens (including phenoxy) is 1. The average molecular weight is 430 g/mol. The molecule has 2 fully saturated rings. The lowest BCUT2D eigenvalue weighted by Crippen LogP contribution is -2.50. The molecule has 2 aliphatic heterocycles. The van der Waals surface area contributed by atoms with E-state index in [0.29, 0.717) is 11.6 Å². The number of hydrogen-bond acceptors (Lipinski definition) is 8. The summed E-state index contributed by atoms with van der Waals surface area (Å²) in [6.07, 6.45) is 6.21. The lowest BCUT2D eigenvalue weighted by molar-refractivity contribution is 0.0425. The zero-order chi connectivity index (χ0) is 19.6. The molecule has 3 aromatic rings. The zero-order valence-electron chi connectivity index (χ0n) is 16.1. The van der Waals surface area contributed by atoms with Gasteiger partial charge in [-0.3, -0.25) is 9.69 Å². The van der Waals surface area contributed by atoms with Gasteiger partial charge in [0.1, 0.15) is 17.1 Å². The summed E-state index contributed by atoms with van der Waals surface area (Å²) >= 11 is 2.74. The molecule has 0 radical (unpaired) electrons. The standard InChI is InChI=1S/C20H23N5O2S2/c26-19(14-1-2-17-18(13-14)23-29-22-17)25-8-3-15(4-9-25)24-10-5-16(6-11-24)27-20-21-7-12-28-20/h1-2,7,12-13,15-16H,3-6,8-11H2. The molecule has 0 spiro atoms. The van der Waals surface area contributed by atoms with E-state index in [1.165, 1.54) is 11.7 Å². The highest BCUT2D eigenvalue weighted by molar-refractivity contribution is 7.11. The molecular formula is C20H23N5O2S2. The van der Waals surface area contributed by atoms with Crippen LogP contribution in [0.1, 0.15) is 36.0 Å². The maximum absolute atomic E-state index is 12.9. The fraction of sp³-hybridized carbons (Fsp3) is 0.500. The molecule has 152 valence electrons. The number of rotatable bonds is 4. The summed E-state index contributed by atoms with van der Waals surface area (Å²) in [6, 6.07) is 6.17. The summed E-state index contributed by atoms with van der Waals surface area (Å²) in [5.41, 5.74) is 2.37. The van der Waals surface area contributed by atoms with Crippen LogP contribution in [0, 0.1) is 0 Å². The van der Waals surface area contributed by atoms with Crippen LogP contribution in [0.25, 0.3) is 11.0 Å². The Kier molecular flexibility index (Phi) is 5.43. The van der Waals surface area contributed by atoms with Crippen LogP contribution in [-0.2, 0) is 0 Å². The lowest BCUT2D eigenvalue weighted by Gasteiger charge is -2.41. The Morgan fingerprint density at radius 1 is 1.03 bits per heavy atom. The number of nitrogens with zero attached hydrogens (tertiary/aromatic N) is 5. The van der Waals surface area contributed by atoms with Gasteiger partial charge in [-0.2, -0.15) is 8.75 Å². The van der Waals surface area contributed by atoms with E-state index in [4.69, 9.17) is 4.74 Å². The second-order valence-electron chi connectivity index (χ2n) is 7.64. The molecular weight excluding hydrogens is 406 g/mol. The first-order valence-electron chi connectivity index (χ1n) is 10.1. The van der Waals surface area contributed by atoms with Gasteiger partial charge in [0.2, 0.25) is 0 Å². The van der Waals surface area contributed by atoms with E-state index in [1.54, 1.807) is 17.5 Å². The summed E-state index contributed by atoms with van der Waals surface area (Å²) in [4.78, 5) is 21.7. The van der Waals surface area contributed by atoms with Gasteiger partial charge >= 0.3 is 0 Å². The molecule has 0 bridgehead atoms. The van der Waals surface area contributed by atoms with E-state index >= 15 is 0 Å². The summed E-state index contributed by atoms with van der Waals surface area (Å²) < 4.78 is 14.4. The van der Waals surface area contributed by atoms with Gasteiger partial charge in [0.25, 0.3) is 11.1 Å². The molecule has 2 aromatic heterocycles. The molecule has 29 heavy (non-hydrogen) atoms. The highest BCUT2D eigenvalue weighted by atomic mass is 32.1. The first kappa shape index (κ1) is 18.9. The molecule has 0 saturated carbocycles. The number of thiazole rings is 1. The highest BCUT2D eigenvalue weighted by Crippen LogP contribution is 2.25. The van der Waals surface area contributed by atoms with Crippen LogP contribution < -0.4 is 4.74 Å². The van der Waals surface area contributed by atoms with Gasteiger partial charge in [-0.25, -0.2) is 4.98 Å². The van der Waals surface area contributed by atoms with Gasteiger partial charge in [-0.05, 0) is 43.9 Å². The molecule has 7 nitrogen and oxygen atoms in total. The smallest absolute Gasteiger partial charge is 0.273 e. The summed E-state index contributed by atoms with van der Waals surface area (Å²) in [6.45, 7) is 3.74. The van der Waals surface area contributed by atoms with Gasteiger partial charge in [0.05, 0.1) is 11.7 Å². The summed E-state index contributed by atoms with van der Waals surface area (Å²) in [5.74, 6) is 0.105. The number of amides is 1. The topological polar surface area (TPSA) is 71.5 Å². The number of fused-ring (bicyclic) bond motifs is 1. The molecule has 1 amide bonds. The van der Waals surface area contributed by atoms with Crippen molar-refractivity contribution in [2.75, 3.05) is 26.2 Å². The van der Waals surface area contributed by atoms with Gasteiger partial charge < -0.3 is 9.64 Å². The van der Waals surface area contributed by atoms with Crippen LogP contribution >= 0.6 is 23.1 Å². The molecule has 4 heterocycles. The van der Waals surface area contributed by atoms with Gasteiger partial charge in [0, 0.05) is 49.4 Å². The molecule has 2 aliphatic rings. The number of carbonyl (C=O) groups excluding carboxylic acids is 1. The van der Waals surface area contributed by atoms with Crippen molar-refractivity contribution in [2.24, 2.45) is 0 Å². The van der Waals surface area contributed by atoms with Crippen molar-refractivity contribution in [3.63, 3.8) is 0 Å². The Labute approximate surface area is 177 Å². The van der Waals surface area contributed by atoms with Crippen molar-refractivity contribution < 1.29 is 9.53 Å². The van der Waals surface area contributed by atoms with Crippen molar-refractivity contribution in [3.05, 3.63) is 35.3 Å². The second-order valence-corrected chi connectivity index (χ2v) is 9.03. The SMILES string of the molecule is O=C(c1ccc2nsnc2c1)N1CCC(N2CCC(Oc3nccs3)CC2)CC1. The molecule has 2 saturated heterocycles. The number of benzene rings is 1. The fourth-order valence-corrected chi connectivity index (χ4v) is 5.37. The quantitative estimate of drug-likeness (QED) is 0.634. The Morgan fingerprint density at radius 3 is 2.59 bits per heavy atom. The third kappa shape index (κ3) is 4.12. The molecule has 0 N–H and O–H groups in total. The monoisotopic (exact) mass is 429 g/mol. The normalized spacial score (nSPS) is 19.7. The average Bonchev–Trinajstić information content (AvgIpc) is 3.45. The summed E-state index contributed by atoms with van der Waals surface area (Å²) in [7, 11) is 0. The van der Waals surface area contributed by atoms with E-state index in [1.807, 2.05) is 28.5 Å². The van der Waals surface area contributed by atoms with Gasteiger partial charge in [-0.1, -0.05) is 11.3 Å². The van der Waals surface area contributed by atoms with E-state index in [9.17, 15) is 4.79 Å². The van der Waals surface area contributed by atoms with Crippen LogP contribution in [-0.4, -0.2) is 67.8 Å². The molecule has 9 heteroatoms. The molecule has 0 unspecified atom stereocenters. The third-order valence-electron chi connectivity index (χ3n) is 5.92. The number of carbonyl (C=O) groups is 1. The molecule has 1 aromatic carbocycles. The number of aromatic nitrogens is 3. The fourth-order valence-electron chi connectivity index (χ4n) is 4.30. The Hall–Kier alpha value is -2.10. The minimum atomic E-state index is 0.105. The maximum Gasteiger partial charge on any atom is 0.273 e. The predicted octanol–water partition coefficient (Wildman–Crippen LogP) is 3.30. The minimum absolute atomic E-state index is 0.105. The number of piperidine rings is 2. The van der Waals surface area contributed by atoms with Crippen LogP contribution in [0.2, 0.25) is 0 Å². The molecule has 0 atom stereocenters. The van der Waals surface area contributed by atoms with E-state index in [0.717, 1.165) is 68.1 Å². The van der Waals surface area contributed by atoms with Crippen molar-refractivity contribution in [1.29, 1.82) is 0 Å². The van der Waals surface area contributed by atoms with Crippen LogP contribution in [0.15, 0.2) is 29.8 Å². The largest absolute Gasteiger partial charge is 0.467 e. The van der Waals surface area contributed by atoms with Crippen molar-refractivity contribution >= 4 is 40.0 Å². The Bertz CT molecular complexity index is 960. The third-order valence-corrected chi connectivity index (χ3v) is 7.14. The van der Waals surface area contributed by atoms with E-state index in [-0.39, 0.29) is 12.0 Å². The Balaban J connectivity index is 1.12. The maximum atomic E-state index is 12.9. The lowest BCUT2D eigenvalue weighted by atomic mass is 9.98. The van der Waals surface area contributed by atoms with Crippen molar-refractivity contribution in [2.45, 2.75) is 37.8 Å². The number of hydrogen-bond donors (Lipinski definition) is 0. The summed E-state index contributed by atoms with van der Waals surface area (Å²) in [5, 5.41) is 2.73. The van der Waals surface area contributed by atoms with Gasteiger partial charge in [-0.15, -0.1) is 0 Å². The van der Waals surface area contributed by atoms with E-state index in [2.05, 4.69) is 18.6 Å². The minimum Gasteiger partial charge on any atom is -0.467 e. The van der Waals surface area contributed by atoms with Crippen molar-refractivity contribution in [3.8, 4) is 5.19 Å². The molecule has 5 rings (SSSR count).